The summed E-state index contributed by atoms with van der Waals surface area (Å²) in [6, 6.07) is 11.0. The van der Waals surface area contributed by atoms with Crippen molar-refractivity contribution in [3.63, 3.8) is 0 Å². The standard InChI is InChI=1S/C17H17FN2O4/c18-13-2-1-3-14(9-13)22-7-6-19-17(21)20-10-12-4-5-15-16(8-12)24-11-23-15/h1-5,8-9H,6-7,10-11H2,(H2,19,20,21). The molecule has 2 amide bonds. The molecule has 0 saturated heterocycles. The Balaban J connectivity index is 1.35. The van der Waals surface area contributed by atoms with Crippen LogP contribution in [0.2, 0.25) is 0 Å². The third kappa shape index (κ3) is 4.28. The molecule has 1 aliphatic rings. The monoisotopic (exact) mass is 332 g/mol. The Labute approximate surface area is 138 Å². The predicted octanol–water partition coefficient (Wildman–Crippen LogP) is 2.43. The summed E-state index contributed by atoms with van der Waals surface area (Å²) in [5.41, 5.74) is 0.908. The van der Waals surface area contributed by atoms with Crippen LogP contribution in [0.25, 0.3) is 0 Å². The zero-order valence-electron chi connectivity index (χ0n) is 12.9. The average molecular weight is 332 g/mol. The van der Waals surface area contributed by atoms with E-state index in [-0.39, 0.29) is 25.2 Å². The molecule has 0 fully saturated rings. The molecule has 0 unspecified atom stereocenters. The fourth-order valence-corrected chi connectivity index (χ4v) is 2.19. The first kappa shape index (κ1) is 15.9. The summed E-state index contributed by atoms with van der Waals surface area (Å²) in [7, 11) is 0. The molecule has 2 aromatic carbocycles. The van der Waals surface area contributed by atoms with Crippen molar-refractivity contribution in [3.05, 3.63) is 53.8 Å². The van der Waals surface area contributed by atoms with Crippen LogP contribution in [0.15, 0.2) is 42.5 Å². The normalized spacial score (nSPS) is 11.9. The summed E-state index contributed by atoms with van der Waals surface area (Å²) in [4.78, 5) is 11.7. The van der Waals surface area contributed by atoms with Gasteiger partial charge >= 0.3 is 6.03 Å². The molecule has 0 saturated carbocycles. The lowest BCUT2D eigenvalue weighted by Crippen LogP contribution is -2.37. The second-order valence-corrected chi connectivity index (χ2v) is 5.10. The van der Waals surface area contributed by atoms with Gasteiger partial charge in [-0.3, -0.25) is 0 Å². The van der Waals surface area contributed by atoms with Crippen molar-refractivity contribution >= 4 is 6.03 Å². The molecule has 0 spiro atoms. The van der Waals surface area contributed by atoms with Crippen LogP contribution in [-0.2, 0) is 6.54 Å². The van der Waals surface area contributed by atoms with Gasteiger partial charge in [0.05, 0.1) is 6.54 Å². The molecule has 6 nitrogen and oxygen atoms in total. The first-order valence-electron chi connectivity index (χ1n) is 7.49. The summed E-state index contributed by atoms with van der Waals surface area (Å²) in [5.74, 6) is 1.45. The Morgan fingerprint density at radius 3 is 2.88 bits per heavy atom. The van der Waals surface area contributed by atoms with E-state index >= 15 is 0 Å². The summed E-state index contributed by atoms with van der Waals surface area (Å²) >= 11 is 0. The maximum atomic E-state index is 13.0. The molecule has 3 rings (SSSR count). The van der Waals surface area contributed by atoms with Crippen molar-refractivity contribution in [2.75, 3.05) is 19.9 Å². The van der Waals surface area contributed by atoms with Crippen LogP contribution in [0.4, 0.5) is 9.18 Å². The highest BCUT2D eigenvalue weighted by Gasteiger charge is 2.13. The maximum Gasteiger partial charge on any atom is 0.315 e. The Kier molecular flexibility index (Phi) is 5.00. The van der Waals surface area contributed by atoms with E-state index < -0.39 is 0 Å². The van der Waals surface area contributed by atoms with Gasteiger partial charge in [-0.25, -0.2) is 9.18 Å². The number of rotatable bonds is 6. The van der Waals surface area contributed by atoms with Gasteiger partial charge in [-0.15, -0.1) is 0 Å². The van der Waals surface area contributed by atoms with Gasteiger partial charge in [-0.1, -0.05) is 12.1 Å². The van der Waals surface area contributed by atoms with Gasteiger partial charge in [0, 0.05) is 12.6 Å². The number of ether oxygens (including phenoxy) is 3. The van der Waals surface area contributed by atoms with Crippen molar-refractivity contribution in [2.45, 2.75) is 6.54 Å². The topological polar surface area (TPSA) is 68.8 Å². The van der Waals surface area contributed by atoms with Gasteiger partial charge in [0.25, 0.3) is 0 Å². The van der Waals surface area contributed by atoms with Crippen LogP contribution in [0.3, 0.4) is 0 Å². The number of hydrogen-bond donors (Lipinski definition) is 2. The van der Waals surface area contributed by atoms with E-state index in [1.807, 2.05) is 18.2 Å². The first-order valence-corrected chi connectivity index (χ1v) is 7.49. The molecule has 1 aliphatic heterocycles. The van der Waals surface area contributed by atoms with E-state index in [0.717, 1.165) is 5.56 Å². The van der Waals surface area contributed by atoms with Crippen molar-refractivity contribution in [3.8, 4) is 17.2 Å². The smallest absolute Gasteiger partial charge is 0.315 e. The van der Waals surface area contributed by atoms with E-state index in [9.17, 15) is 9.18 Å². The lowest BCUT2D eigenvalue weighted by atomic mass is 10.2. The Morgan fingerprint density at radius 1 is 1.12 bits per heavy atom. The Morgan fingerprint density at radius 2 is 2.00 bits per heavy atom. The molecular formula is C17H17FN2O4. The van der Waals surface area contributed by atoms with Crippen LogP contribution in [0.1, 0.15) is 5.56 Å². The summed E-state index contributed by atoms with van der Waals surface area (Å²) in [6.07, 6.45) is 0. The van der Waals surface area contributed by atoms with Crippen molar-refractivity contribution < 1.29 is 23.4 Å². The number of urea groups is 1. The van der Waals surface area contributed by atoms with E-state index in [2.05, 4.69) is 10.6 Å². The molecule has 0 radical (unpaired) electrons. The van der Waals surface area contributed by atoms with Gasteiger partial charge in [-0.05, 0) is 29.8 Å². The molecule has 0 bridgehead atoms. The maximum absolute atomic E-state index is 13.0. The SMILES string of the molecule is O=C(NCCOc1cccc(F)c1)NCc1ccc2c(c1)OCO2. The molecule has 7 heteroatoms. The van der Waals surface area contributed by atoms with Crippen molar-refractivity contribution in [1.29, 1.82) is 0 Å². The molecule has 126 valence electrons. The highest BCUT2D eigenvalue weighted by molar-refractivity contribution is 5.73. The largest absolute Gasteiger partial charge is 0.492 e. The van der Waals surface area contributed by atoms with E-state index in [1.165, 1.54) is 12.1 Å². The number of fused-ring (bicyclic) bond motifs is 1. The minimum Gasteiger partial charge on any atom is -0.492 e. The Bertz CT molecular complexity index is 723. The van der Waals surface area contributed by atoms with Gasteiger partial charge in [0.15, 0.2) is 11.5 Å². The van der Waals surface area contributed by atoms with Gasteiger partial charge in [-0.2, -0.15) is 0 Å². The minimum absolute atomic E-state index is 0.220. The van der Waals surface area contributed by atoms with Crippen LogP contribution in [0.5, 0.6) is 17.2 Å². The van der Waals surface area contributed by atoms with E-state index in [0.29, 0.717) is 30.3 Å². The molecule has 1 heterocycles. The van der Waals surface area contributed by atoms with Crippen LogP contribution in [0, 0.1) is 5.82 Å². The fourth-order valence-electron chi connectivity index (χ4n) is 2.19. The zero-order valence-corrected chi connectivity index (χ0v) is 12.9. The highest BCUT2D eigenvalue weighted by Crippen LogP contribution is 2.32. The summed E-state index contributed by atoms with van der Waals surface area (Å²) < 4.78 is 28.8. The Hall–Kier alpha value is -2.96. The van der Waals surface area contributed by atoms with Gasteiger partial charge in [0.1, 0.15) is 18.2 Å². The second kappa shape index (κ2) is 7.54. The third-order valence-corrected chi connectivity index (χ3v) is 3.34. The number of benzene rings is 2. The summed E-state index contributed by atoms with van der Waals surface area (Å²) in [6.45, 7) is 1.15. The molecule has 0 aromatic heterocycles. The quantitative estimate of drug-likeness (QED) is 0.797. The molecule has 0 aliphatic carbocycles. The lowest BCUT2D eigenvalue weighted by Gasteiger charge is -2.09. The second-order valence-electron chi connectivity index (χ2n) is 5.10. The molecule has 2 N–H and O–H groups in total. The molecule has 2 aromatic rings. The first-order chi connectivity index (χ1) is 11.7. The molecule has 24 heavy (non-hydrogen) atoms. The minimum atomic E-state index is -0.359. The predicted molar refractivity (Wildman–Crippen MR) is 84.7 cm³/mol. The van der Waals surface area contributed by atoms with Gasteiger partial charge in [0.2, 0.25) is 6.79 Å². The highest BCUT2D eigenvalue weighted by atomic mass is 19.1. The molecular weight excluding hydrogens is 315 g/mol. The van der Waals surface area contributed by atoms with Crippen LogP contribution >= 0.6 is 0 Å². The van der Waals surface area contributed by atoms with Crippen molar-refractivity contribution in [2.24, 2.45) is 0 Å². The summed E-state index contributed by atoms with van der Waals surface area (Å²) in [5, 5.41) is 5.40. The number of carbonyl (C=O) groups is 1. The third-order valence-electron chi connectivity index (χ3n) is 3.34. The number of carbonyl (C=O) groups excluding carboxylic acids is 1. The van der Waals surface area contributed by atoms with Crippen LogP contribution < -0.4 is 24.8 Å². The average Bonchev–Trinajstić information content (AvgIpc) is 3.05. The van der Waals surface area contributed by atoms with Gasteiger partial charge < -0.3 is 24.8 Å². The number of hydrogen-bond acceptors (Lipinski definition) is 4. The number of nitrogens with one attached hydrogen (secondary N) is 2. The molecule has 0 atom stereocenters. The fraction of sp³-hybridized carbons (Fsp3) is 0.235. The number of halogens is 1. The lowest BCUT2D eigenvalue weighted by molar-refractivity contribution is 0.174. The van der Waals surface area contributed by atoms with Crippen LogP contribution in [-0.4, -0.2) is 26.0 Å². The van der Waals surface area contributed by atoms with Crippen molar-refractivity contribution in [1.82, 2.24) is 10.6 Å². The zero-order chi connectivity index (χ0) is 16.8. The number of amides is 2. The van der Waals surface area contributed by atoms with E-state index in [1.54, 1.807) is 12.1 Å². The van der Waals surface area contributed by atoms with E-state index in [4.69, 9.17) is 14.2 Å².